The van der Waals surface area contributed by atoms with E-state index in [2.05, 4.69) is 22.5 Å². The maximum atomic E-state index is 12.9. The molecular weight excluding hydrogens is 513 g/mol. The van der Waals surface area contributed by atoms with Crippen LogP contribution >= 0.6 is 23.2 Å². The molecule has 1 aromatic heterocycles. The van der Waals surface area contributed by atoms with E-state index in [1.807, 2.05) is 11.9 Å². The molecule has 0 bridgehead atoms. The summed E-state index contributed by atoms with van der Waals surface area (Å²) in [6.45, 7) is 3.28. The molecule has 0 aliphatic heterocycles. The molecule has 8 nitrogen and oxygen atoms in total. The van der Waals surface area contributed by atoms with Crippen LogP contribution in [0.1, 0.15) is 40.5 Å². The molecule has 0 spiro atoms. The number of nitrogens with zero attached hydrogens (tertiary/aromatic N) is 3. The lowest BCUT2D eigenvalue weighted by Gasteiger charge is -2.22. The fraction of sp³-hybridized carbons (Fsp3) is 0.259. The number of rotatable bonds is 10. The van der Waals surface area contributed by atoms with Crippen molar-refractivity contribution in [3.05, 3.63) is 82.0 Å². The molecule has 10 heteroatoms. The summed E-state index contributed by atoms with van der Waals surface area (Å²) < 4.78 is 0. The number of benzene rings is 2. The molecular formula is C27H29Cl2N5O3. The SMILES string of the molecule is CCCCN(C)CC(=O)N(C)c1ccc(C(=O)Nc2ccc(Cl)cc2C(=O)Nc2cc(Cl)ccn2)cc1. The molecule has 0 saturated carbocycles. The van der Waals surface area contributed by atoms with Crippen LogP contribution in [0.25, 0.3) is 0 Å². The largest absolute Gasteiger partial charge is 0.321 e. The van der Waals surface area contributed by atoms with Crippen LogP contribution in [0.2, 0.25) is 10.0 Å². The Morgan fingerprint density at radius 3 is 2.27 bits per heavy atom. The normalized spacial score (nSPS) is 10.8. The third-order valence-corrected chi connectivity index (χ3v) is 6.10. The predicted octanol–water partition coefficient (Wildman–Crippen LogP) is 5.59. The molecule has 2 aromatic carbocycles. The van der Waals surface area contributed by atoms with Gasteiger partial charge in [0.05, 0.1) is 17.8 Å². The van der Waals surface area contributed by atoms with Crippen LogP contribution in [0.15, 0.2) is 60.8 Å². The van der Waals surface area contributed by atoms with Gasteiger partial charge < -0.3 is 15.5 Å². The zero-order valence-corrected chi connectivity index (χ0v) is 22.4. The van der Waals surface area contributed by atoms with Gasteiger partial charge in [0.15, 0.2) is 0 Å². The van der Waals surface area contributed by atoms with E-state index in [-0.39, 0.29) is 23.0 Å². The Morgan fingerprint density at radius 1 is 0.892 bits per heavy atom. The number of unbranched alkanes of at least 4 members (excludes halogenated alkanes) is 1. The van der Waals surface area contributed by atoms with E-state index in [1.54, 1.807) is 54.4 Å². The fourth-order valence-electron chi connectivity index (χ4n) is 3.49. The topological polar surface area (TPSA) is 94.6 Å². The van der Waals surface area contributed by atoms with Crippen molar-refractivity contribution in [2.45, 2.75) is 19.8 Å². The molecule has 0 fully saturated rings. The van der Waals surface area contributed by atoms with Gasteiger partial charge in [0.2, 0.25) is 5.91 Å². The number of amides is 3. The molecule has 194 valence electrons. The van der Waals surface area contributed by atoms with Crippen LogP contribution in [0, 0.1) is 0 Å². The van der Waals surface area contributed by atoms with Gasteiger partial charge in [-0.1, -0.05) is 36.5 Å². The van der Waals surface area contributed by atoms with E-state index in [9.17, 15) is 14.4 Å². The quantitative estimate of drug-likeness (QED) is 0.349. The Bertz CT molecular complexity index is 1270. The van der Waals surface area contributed by atoms with Crippen molar-refractivity contribution in [3.63, 3.8) is 0 Å². The Morgan fingerprint density at radius 2 is 1.59 bits per heavy atom. The first kappa shape index (κ1) is 28.1. The second-order valence-electron chi connectivity index (χ2n) is 8.55. The smallest absolute Gasteiger partial charge is 0.258 e. The molecule has 3 amide bonds. The van der Waals surface area contributed by atoms with E-state index in [1.165, 1.54) is 18.3 Å². The average molecular weight is 542 g/mol. The van der Waals surface area contributed by atoms with E-state index >= 15 is 0 Å². The maximum Gasteiger partial charge on any atom is 0.258 e. The number of nitrogens with one attached hydrogen (secondary N) is 2. The monoisotopic (exact) mass is 541 g/mol. The fourth-order valence-corrected chi connectivity index (χ4v) is 3.82. The van der Waals surface area contributed by atoms with Crippen LogP contribution in [0.5, 0.6) is 0 Å². The van der Waals surface area contributed by atoms with Crippen molar-refractivity contribution >= 4 is 58.1 Å². The van der Waals surface area contributed by atoms with Gasteiger partial charge in [0.25, 0.3) is 11.8 Å². The lowest BCUT2D eigenvalue weighted by molar-refractivity contribution is -0.119. The molecule has 3 aromatic rings. The van der Waals surface area contributed by atoms with Crippen LogP contribution < -0.4 is 15.5 Å². The standard InChI is InChI=1S/C27H29Cl2N5O3/c1-4-5-14-33(2)17-25(35)34(3)21-9-6-18(7-10-21)26(36)31-23-11-8-19(28)15-22(23)27(37)32-24-16-20(29)12-13-30-24/h6-13,15-16H,4-5,14,17H2,1-3H3,(H,31,36)(H,30,32,37). The first-order valence-electron chi connectivity index (χ1n) is 11.8. The highest BCUT2D eigenvalue weighted by Gasteiger charge is 2.17. The van der Waals surface area contributed by atoms with E-state index in [4.69, 9.17) is 23.2 Å². The first-order chi connectivity index (χ1) is 17.7. The predicted molar refractivity (Wildman–Crippen MR) is 149 cm³/mol. The average Bonchev–Trinajstić information content (AvgIpc) is 2.88. The Labute approximate surface area is 226 Å². The summed E-state index contributed by atoms with van der Waals surface area (Å²) in [6, 6.07) is 14.4. The maximum absolute atomic E-state index is 12.9. The van der Waals surface area contributed by atoms with Gasteiger partial charge in [-0.3, -0.25) is 19.3 Å². The summed E-state index contributed by atoms with van der Waals surface area (Å²) in [5, 5.41) is 6.16. The highest BCUT2D eigenvalue weighted by molar-refractivity contribution is 6.31. The van der Waals surface area contributed by atoms with E-state index < -0.39 is 11.8 Å². The summed E-state index contributed by atoms with van der Waals surface area (Å²) in [5.74, 6) is -0.702. The summed E-state index contributed by atoms with van der Waals surface area (Å²) >= 11 is 12.1. The highest BCUT2D eigenvalue weighted by atomic mass is 35.5. The van der Waals surface area contributed by atoms with E-state index in [0.717, 1.165) is 19.4 Å². The van der Waals surface area contributed by atoms with Crippen molar-refractivity contribution in [3.8, 4) is 0 Å². The minimum absolute atomic E-state index is 0.0400. The summed E-state index contributed by atoms with van der Waals surface area (Å²) in [4.78, 5) is 46.1. The Kier molecular flexibility index (Phi) is 10.0. The van der Waals surface area contributed by atoms with Gasteiger partial charge in [-0.05, 0) is 74.6 Å². The number of pyridine rings is 1. The molecule has 0 aliphatic carbocycles. The van der Waals surface area contributed by atoms with Crippen molar-refractivity contribution in [2.75, 3.05) is 42.7 Å². The zero-order chi connectivity index (χ0) is 26.9. The molecule has 0 atom stereocenters. The molecule has 2 N–H and O–H groups in total. The van der Waals surface area contributed by atoms with Crippen LogP contribution in [0.3, 0.4) is 0 Å². The Hall–Kier alpha value is -3.46. The third-order valence-electron chi connectivity index (χ3n) is 5.63. The summed E-state index contributed by atoms with van der Waals surface area (Å²) in [7, 11) is 3.63. The van der Waals surface area contributed by atoms with Crippen molar-refractivity contribution in [2.24, 2.45) is 0 Å². The summed E-state index contributed by atoms with van der Waals surface area (Å²) in [6.07, 6.45) is 3.57. The first-order valence-corrected chi connectivity index (χ1v) is 12.5. The lowest BCUT2D eigenvalue weighted by Crippen LogP contribution is -2.37. The molecule has 0 saturated heterocycles. The Balaban J connectivity index is 1.69. The van der Waals surface area contributed by atoms with Gasteiger partial charge in [-0.15, -0.1) is 0 Å². The lowest BCUT2D eigenvalue weighted by atomic mass is 10.1. The molecule has 37 heavy (non-hydrogen) atoms. The van der Waals surface area contributed by atoms with Crippen LogP contribution in [-0.4, -0.2) is 54.8 Å². The van der Waals surface area contributed by atoms with Gasteiger partial charge in [-0.2, -0.15) is 0 Å². The van der Waals surface area contributed by atoms with Crippen molar-refractivity contribution in [1.29, 1.82) is 0 Å². The van der Waals surface area contributed by atoms with Crippen LogP contribution in [-0.2, 0) is 4.79 Å². The minimum Gasteiger partial charge on any atom is -0.321 e. The second-order valence-corrected chi connectivity index (χ2v) is 9.42. The van der Waals surface area contributed by atoms with Crippen molar-refractivity contribution in [1.82, 2.24) is 9.88 Å². The van der Waals surface area contributed by atoms with Gasteiger partial charge in [-0.25, -0.2) is 4.98 Å². The van der Waals surface area contributed by atoms with Gasteiger partial charge in [0, 0.05) is 34.5 Å². The molecule has 3 rings (SSSR count). The number of anilines is 3. The minimum atomic E-state index is -0.507. The van der Waals surface area contributed by atoms with Crippen molar-refractivity contribution < 1.29 is 14.4 Å². The highest BCUT2D eigenvalue weighted by Crippen LogP contribution is 2.24. The number of aromatic nitrogens is 1. The number of carbonyl (C=O) groups excluding carboxylic acids is 3. The number of likely N-dealkylation sites (N-methyl/N-ethyl adjacent to an activating group) is 2. The zero-order valence-electron chi connectivity index (χ0n) is 20.9. The molecule has 0 radical (unpaired) electrons. The van der Waals surface area contributed by atoms with Gasteiger partial charge in [0.1, 0.15) is 5.82 Å². The third kappa shape index (κ3) is 8.01. The second kappa shape index (κ2) is 13.2. The molecule has 0 aliphatic rings. The van der Waals surface area contributed by atoms with Gasteiger partial charge >= 0.3 is 0 Å². The number of carbonyl (C=O) groups is 3. The van der Waals surface area contributed by atoms with E-state index in [0.29, 0.717) is 27.8 Å². The molecule has 1 heterocycles. The molecule has 0 unspecified atom stereocenters. The van der Waals surface area contributed by atoms with Crippen LogP contribution in [0.4, 0.5) is 17.2 Å². The summed E-state index contributed by atoms with van der Waals surface area (Å²) in [5.41, 5.74) is 1.48. The number of hydrogen-bond acceptors (Lipinski definition) is 5. The number of halogens is 2. The number of hydrogen-bond donors (Lipinski definition) is 2.